The Hall–Kier alpha value is -2.95. The molecule has 3 aromatic rings. The summed E-state index contributed by atoms with van der Waals surface area (Å²) < 4.78 is 11.7. The number of para-hydroxylation sites is 1. The van der Waals surface area contributed by atoms with E-state index in [1.165, 1.54) is 0 Å². The largest absolute Gasteiger partial charge is 0.494 e. The van der Waals surface area contributed by atoms with Gasteiger partial charge in [0.1, 0.15) is 17.6 Å². The van der Waals surface area contributed by atoms with Crippen molar-refractivity contribution in [1.82, 2.24) is 10.3 Å². The first-order valence-corrected chi connectivity index (χ1v) is 9.37. The maximum absolute atomic E-state index is 12.9. The van der Waals surface area contributed by atoms with Crippen molar-refractivity contribution < 1.29 is 14.3 Å². The molecular weight excluding hydrogens is 340 g/mol. The first-order valence-electron chi connectivity index (χ1n) is 9.37. The molecule has 1 aliphatic heterocycles. The van der Waals surface area contributed by atoms with Gasteiger partial charge in [-0.15, -0.1) is 0 Å². The molecule has 4 rings (SSSR count). The molecule has 0 radical (unpaired) electrons. The number of aromatic amines is 1. The van der Waals surface area contributed by atoms with Crippen LogP contribution in [0.4, 0.5) is 0 Å². The van der Waals surface area contributed by atoms with Crippen molar-refractivity contribution in [1.29, 1.82) is 0 Å². The Bertz CT molecular complexity index is 1010. The number of benzene rings is 2. The lowest BCUT2D eigenvalue weighted by Crippen LogP contribution is -2.23. The van der Waals surface area contributed by atoms with E-state index in [-0.39, 0.29) is 12.0 Å². The monoisotopic (exact) mass is 364 g/mol. The number of carbonyl (C=O) groups is 1. The number of aryl methyl sites for hydroxylation is 1. The van der Waals surface area contributed by atoms with Gasteiger partial charge in [-0.05, 0) is 39.0 Å². The van der Waals surface area contributed by atoms with Crippen LogP contribution in [0.2, 0.25) is 0 Å². The van der Waals surface area contributed by atoms with Gasteiger partial charge in [-0.3, -0.25) is 4.79 Å². The third-order valence-corrected chi connectivity index (χ3v) is 4.94. The average molecular weight is 364 g/mol. The zero-order valence-corrected chi connectivity index (χ0v) is 15.9. The minimum atomic E-state index is -0.0952. The molecule has 1 unspecified atom stereocenters. The standard InChI is InChI=1S/C22H24N2O3/c1-4-26-19-10-15-9-13(2)27-20(15)11-16(19)12-23-22(25)21-14(3)24-18-8-6-5-7-17(18)21/h5-8,10-11,13,24H,4,9,12H2,1-3H3,(H,23,25). The highest BCUT2D eigenvalue weighted by Gasteiger charge is 2.22. The van der Waals surface area contributed by atoms with Crippen LogP contribution in [0.5, 0.6) is 11.5 Å². The Labute approximate surface area is 158 Å². The smallest absolute Gasteiger partial charge is 0.253 e. The van der Waals surface area contributed by atoms with Crippen LogP contribution in [0.15, 0.2) is 36.4 Å². The van der Waals surface area contributed by atoms with Gasteiger partial charge in [-0.25, -0.2) is 0 Å². The molecule has 1 aromatic heterocycles. The van der Waals surface area contributed by atoms with E-state index in [1.807, 2.05) is 50.2 Å². The van der Waals surface area contributed by atoms with E-state index >= 15 is 0 Å². The Morgan fingerprint density at radius 2 is 2.15 bits per heavy atom. The van der Waals surface area contributed by atoms with Crippen molar-refractivity contribution >= 4 is 16.8 Å². The number of hydrogen-bond donors (Lipinski definition) is 2. The zero-order chi connectivity index (χ0) is 19.0. The number of nitrogens with one attached hydrogen (secondary N) is 2. The number of fused-ring (bicyclic) bond motifs is 2. The summed E-state index contributed by atoms with van der Waals surface area (Å²) in [4.78, 5) is 16.1. The van der Waals surface area contributed by atoms with Gasteiger partial charge in [-0.1, -0.05) is 18.2 Å². The van der Waals surface area contributed by atoms with Gasteiger partial charge in [0.15, 0.2) is 0 Å². The third-order valence-electron chi connectivity index (χ3n) is 4.94. The van der Waals surface area contributed by atoms with Gasteiger partial charge in [0.2, 0.25) is 0 Å². The first kappa shape index (κ1) is 17.5. The van der Waals surface area contributed by atoms with Crippen molar-refractivity contribution in [3.8, 4) is 11.5 Å². The fourth-order valence-corrected chi connectivity index (χ4v) is 3.74. The number of ether oxygens (including phenoxy) is 2. The molecule has 1 atom stereocenters. The predicted molar refractivity (Wildman–Crippen MR) is 106 cm³/mol. The molecule has 0 saturated heterocycles. The van der Waals surface area contributed by atoms with E-state index in [0.717, 1.165) is 45.6 Å². The van der Waals surface area contributed by atoms with E-state index in [9.17, 15) is 4.79 Å². The van der Waals surface area contributed by atoms with Crippen molar-refractivity contribution in [2.24, 2.45) is 0 Å². The van der Waals surface area contributed by atoms with Gasteiger partial charge >= 0.3 is 0 Å². The molecule has 2 N–H and O–H groups in total. The number of amides is 1. The Morgan fingerprint density at radius 1 is 1.33 bits per heavy atom. The molecule has 0 fully saturated rings. The number of hydrogen-bond acceptors (Lipinski definition) is 3. The molecule has 5 nitrogen and oxygen atoms in total. The SMILES string of the molecule is CCOc1cc2c(cc1CNC(=O)c1c(C)[nH]c3ccccc13)OC(C)C2. The second-order valence-corrected chi connectivity index (χ2v) is 6.99. The zero-order valence-electron chi connectivity index (χ0n) is 15.9. The lowest BCUT2D eigenvalue weighted by molar-refractivity contribution is 0.0951. The maximum atomic E-state index is 12.9. The van der Waals surface area contributed by atoms with E-state index in [1.54, 1.807) is 0 Å². The van der Waals surface area contributed by atoms with Crippen LogP contribution >= 0.6 is 0 Å². The van der Waals surface area contributed by atoms with Gasteiger partial charge in [0, 0.05) is 40.7 Å². The second kappa shape index (κ2) is 6.99. The number of rotatable bonds is 5. The van der Waals surface area contributed by atoms with Gasteiger partial charge in [-0.2, -0.15) is 0 Å². The number of H-pyrrole nitrogens is 1. The molecule has 0 aliphatic carbocycles. The molecule has 140 valence electrons. The Morgan fingerprint density at radius 3 is 2.96 bits per heavy atom. The van der Waals surface area contributed by atoms with Crippen LogP contribution < -0.4 is 14.8 Å². The summed E-state index contributed by atoms with van der Waals surface area (Å²) in [5.41, 5.74) is 4.61. The summed E-state index contributed by atoms with van der Waals surface area (Å²) in [6.45, 7) is 6.91. The summed E-state index contributed by atoms with van der Waals surface area (Å²) in [7, 11) is 0. The van der Waals surface area contributed by atoms with Crippen LogP contribution in [0.3, 0.4) is 0 Å². The molecule has 5 heteroatoms. The molecule has 1 aliphatic rings. The lowest BCUT2D eigenvalue weighted by Gasteiger charge is -2.13. The molecular formula is C22H24N2O3. The fourth-order valence-electron chi connectivity index (χ4n) is 3.74. The van der Waals surface area contributed by atoms with Crippen molar-refractivity contribution in [3.05, 3.63) is 58.8 Å². The van der Waals surface area contributed by atoms with Gasteiger partial charge in [0.25, 0.3) is 5.91 Å². The van der Waals surface area contributed by atoms with Gasteiger partial charge in [0.05, 0.1) is 12.2 Å². The summed E-state index contributed by atoms with van der Waals surface area (Å²) in [6, 6.07) is 11.9. The highest BCUT2D eigenvalue weighted by molar-refractivity contribution is 6.08. The summed E-state index contributed by atoms with van der Waals surface area (Å²) in [5, 5.41) is 3.97. The fraction of sp³-hybridized carbons (Fsp3) is 0.318. The van der Waals surface area contributed by atoms with Crippen LogP contribution in [0.1, 0.15) is 41.0 Å². The lowest BCUT2D eigenvalue weighted by atomic mass is 10.1. The van der Waals surface area contributed by atoms with Crippen LogP contribution in [-0.2, 0) is 13.0 Å². The molecule has 0 saturated carbocycles. The van der Waals surface area contributed by atoms with Crippen LogP contribution in [-0.4, -0.2) is 23.6 Å². The molecule has 0 spiro atoms. The van der Waals surface area contributed by atoms with Crippen molar-refractivity contribution in [2.45, 2.75) is 39.8 Å². The van der Waals surface area contributed by atoms with E-state index in [0.29, 0.717) is 18.7 Å². The molecule has 1 amide bonds. The third kappa shape index (κ3) is 3.25. The highest BCUT2D eigenvalue weighted by atomic mass is 16.5. The van der Waals surface area contributed by atoms with E-state index in [2.05, 4.69) is 17.2 Å². The van der Waals surface area contributed by atoms with Crippen LogP contribution in [0, 0.1) is 6.92 Å². The summed E-state index contributed by atoms with van der Waals surface area (Å²) >= 11 is 0. The predicted octanol–water partition coefficient (Wildman–Crippen LogP) is 4.13. The van der Waals surface area contributed by atoms with Crippen LogP contribution in [0.25, 0.3) is 10.9 Å². The topological polar surface area (TPSA) is 63.3 Å². The first-order chi connectivity index (χ1) is 13.1. The molecule has 27 heavy (non-hydrogen) atoms. The highest BCUT2D eigenvalue weighted by Crippen LogP contribution is 2.35. The molecule has 2 aromatic carbocycles. The minimum absolute atomic E-state index is 0.0952. The molecule has 0 bridgehead atoms. The van der Waals surface area contributed by atoms with Crippen molar-refractivity contribution in [2.75, 3.05) is 6.61 Å². The minimum Gasteiger partial charge on any atom is -0.494 e. The normalized spacial score (nSPS) is 15.4. The van der Waals surface area contributed by atoms with E-state index in [4.69, 9.17) is 9.47 Å². The average Bonchev–Trinajstić information content (AvgIpc) is 3.17. The van der Waals surface area contributed by atoms with E-state index < -0.39 is 0 Å². The van der Waals surface area contributed by atoms with Crippen molar-refractivity contribution in [3.63, 3.8) is 0 Å². The summed E-state index contributed by atoms with van der Waals surface area (Å²) in [6.07, 6.45) is 1.06. The number of aromatic nitrogens is 1. The molecule has 2 heterocycles. The Balaban J connectivity index is 1.58. The maximum Gasteiger partial charge on any atom is 0.253 e. The van der Waals surface area contributed by atoms with Gasteiger partial charge < -0.3 is 19.8 Å². The quantitative estimate of drug-likeness (QED) is 0.715. The second-order valence-electron chi connectivity index (χ2n) is 6.99. The number of carbonyl (C=O) groups excluding carboxylic acids is 1. The summed E-state index contributed by atoms with van der Waals surface area (Å²) in [5.74, 6) is 1.60. The Kier molecular flexibility index (Phi) is 4.52.